The summed E-state index contributed by atoms with van der Waals surface area (Å²) in [4.78, 5) is 31.9. The van der Waals surface area contributed by atoms with E-state index >= 15 is 0 Å². The Morgan fingerprint density at radius 3 is 2.77 bits per heavy atom. The maximum atomic E-state index is 12.9. The Morgan fingerprint density at radius 1 is 1.35 bits per heavy atom. The second kappa shape index (κ2) is 7.39. The van der Waals surface area contributed by atoms with E-state index in [1.54, 1.807) is 32.0 Å². The van der Waals surface area contributed by atoms with Gasteiger partial charge in [0.2, 0.25) is 5.91 Å². The van der Waals surface area contributed by atoms with Crippen LogP contribution in [0.15, 0.2) is 29.1 Å². The van der Waals surface area contributed by atoms with Gasteiger partial charge < -0.3 is 5.32 Å². The first-order chi connectivity index (χ1) is 12.3. The zero-order chi connectivity index (χ0) is 19.0. The summed E-state index contributed by atoms with van der Waals surface area (Å²) in [6, 6.07) is 5.91. The third kappa shape index (κ3) is 3.49. The van der Waals surface area contributed by atoms with Crippen LogP contribution < -0.4 is 10.9 Å². The van der Waals surface area contributed by atoms with Gasteiger partial charge in [-0.05, 0) is 44.5 Å². The number of rotatable bonds is 4. The van der Waals surface area contributed by atoms with Gasteiger partial charge in [0, 0.05) is 9.90 Å². The summed E-state index contributed by atoms with van der Waals surface area (Å²) in [7, 11) is 0. The van der Waals surface area contributed by atoms with E-state index in [0.29, 0.717) is 31.8 Å². The van der Waals surface area contributed by atoms with Crippen LogP contribution in [0, 0.1) is 6.92 Å². The predicted octanol–water partition coefficient (Wildman–Crippen LogP) is 4.84. The molecule has 26 heavy (non-hydrogen) atoms. The Morgan fingerprint density at radius 2 is 2.08 bits per heavy atom. The van der Waals surface area contributed by atoms with Crippen molar-refractivity contribution < 1.29 is 4.79 Å². The first-order valence-corrected chi connectivity index (χ1v) is 9.66. The topological polar surface area (TPSA) is 64.0 Å². The molecule has 8 heteroatoms. The van der Waals surface area contributed by atoms with Crippen molar-refractivity contribution in [2.24, 2.45) is 0 Å². The number of hydrogen-bond acceptors (Lipinski definition) is 4. The molecule has 0 saturated heterocycles. The lowest BCUT2D eigenvalue weighted by Crippen LogP contribution is -2.33. The Balaban J connectivity index is 1.98. The molecule has 0 fully saturated rings. The van der Waals surface area contributed by atoms with Crippen molar-refractivity contribution in [3.63, 3.8) is 0 Å². The van der Waals surface area contributed by atoms with Crippen molar-refractivity contribution in [3.05, 3.63) is 55.4 Å². The monoisotopic (exact) mass is 409 g/mol. The standard InChI is InChI=1S/C18H17Cl2N3O2S/c1-4-12-8-13-17(26-12)21-10(3)23(18(13)25)9(2)16(24)22-15-7-11(19)5-6-14(15)20/h5-9H,4H2,1-3H3,(H,22,24). The second-order valence-corrected chi connectivity index (χ2v) is 7.87. The molecule has 1 amide bonds. The van der Waals surface area contributed by atoms with E-state index in [-0.39, 0.29) is 11.5 Å². The molecule has 0 aliphatic heterocycles. The fraction of sp³-hybridized carbons (Fsp3) is 0.278. The van der Waals surface area contributed by atoms with Crippen molar-refractivity contribution >= 4 is 56.3 Å². The normalized spacial score (nSPS) is 12.3. The summed E-state index contributed by atoms with van der Waals surface area (Å²) >= 11 is 13.6. The summed E-state index contributed by atoms with van der Waals surface area (Å²) in [5.74, 6) is 0.123. The van der Waals surface area contributed by atoms with Crippen LogP contribution >= 0.6 is 34.5 Å². The van der Waals surface area contributed by atoms with Crippen LogP contribution in [0.5, 0.6) is 0 Å². The summed E-state index contributed by atoms with van der Waals surface area (Å²) in [6.45, 7) is 5.41. The number of aryl methyl sites for hydroxylation is 2. The van der Waals surface area contributed by atoms with Gasteiger partial charge in [-0.25, -0.2) is 4.98 Å². The largest absolute Gasteiger partial charge is 0.323 e. The molecule has 0 saturated carbocycles. The highest BCUT2D eigenvalue weighted by atomic mass is 35.5. The van der Waals surface area contributed by atoms with Gasteiger partial charge in [-0.1, -0.05) is 30.1 Å². The highest BCUT2D eigenvalue weighted by Gasteiger charge is 2.22. The Bertz CT molecular complexity index is 1060. The van der Waals surface area contributed by atoms with Gasteiger partial charge in [0.15, 0.2) is 0 Å². The molecular formula is C18H17Cl2N3O2S. The minimum Gasteiger partial charge on any atom is -0.323 e. The minimum absolute atomic E-state index is 0.219. The molecule has 2 heterocycles. The van der Waals surface area contributed by atoms with Crippen LogP contribution in [0.3, 0.4) is 0 Å². The summed E-state index contributed by atoms with van der Waals surface area (Å²) in [6.07, 6.45) is 0.836. The van der Waals surface area contributed by atoms with Gasteiger partial charge in [-0.15, -0.1) is 11.3 Å². The van der Waals surface area contributed by atoms with Crippen LogP contribution in [0.1, 0.15) is 30.6 Å². The SMILES string of the molecule is CCc1cc2c(=O)n(C(C)C(=O)Nc3cc(Cl)ccc3Cl)c(C)nc2s1. The third-order valence-corrected chi connectivity index (χ3v) is 5.86. The van der Waals surface area contributed by atoms with E-state index in [2.05, 4.69) is 10.3 Å². The predicted molar refractivity (Wildman–Crippen MR) is 108 cm³/mol. The second-order valence-electron chi connectivity index (χ2n) is 5.91. The highest BCUT2D eigenvalue weighted by molar-refractivity contribution is 7.18. The average molecular weight is 410 g/mol. The molecular weight excluding hydrogens is 393 g/mol. The summed E-state index contributed by atoms with van der Waals surface area (Å²) < 4.78 is 1.41. The zero-order valence-electron chi connectivity index (χ0n) is 14.5. The Kier molecular flexibility index (Phi) is 5.37. The Labute approximate surface area is 164 Å². The van der Waals surface area contributed by atoms with E-state index in [1.807, 2.05) is 13.0 Å². The van der Waals surface area contributed by atoms with Gasteiger partial charge in [0.05, 0.1) is 16.1 Å². The lowest BCUT2D eigenvalue weighted by atomic mass is 10.2. The van der Waals surface area contributed by atoms with Gasteiger partial charge >= 0.3 is 0 Å². The van der Waals surface area contributed by atoms with Crippen LogP contribution in [-0.4, -0.2) is 15.5 Å². The lowest BCUT2D eigenvalue weighted by molar-refractivity contribution is -0.118. The van der Waals surface area contributed by atoms with Crippen molar-refractivity contribution in [2.75, 3.05) is 5.32 Å². The van der Waals surface area contributed by atoms with Crippen LogP contribution in [0.2, 0.25) is 10.0 Å². The number of hydrogen-bond donors (Lipinski definition) is 1. The van der Waals surface area contributed by atoms with Crippen molar-refractivity contribution in [1.29, 1.82) is 0 Å². The van der Waals surface area contributed by atoms with Gasteiger partial charge in [-0.2, -0.15) is 0 Å². The lowest BCUT2D eigenvalue weighted by Gasteiger charge is -2.18. The molecule has 1 N–H and O–H groups in total. The molecule has 1 unspecified atom stereocenters. The van der Waals surface area contributed by atoms with E-state index in [4.69, 9.17) is 23.2 Å². The first-order valence-electron chi connectivity index (χ1n) is 8.09. The van der Waals surface area contributed by atoms with Crippen molar-refractivity contribution in [1.82, 2.24) is 9.55 Å². The molecule has 136 valence electrons. The molecule has 3 aromatic rings. The van der Waals surface area contributed by atoms with Crippen molar-refractivity contribution in [2.45, 2.75) is 33.2 Å². The summed E-state index contributed by atoms with van der Waals surface area (Å²) in [5, 5.41) is 4.10. The fourth-order valence-electron chi connectivity index (χ4n) is 2.72. The number of benzene rings is 1. The fourth-order valence-corrected chi connectivity index (χ4v) is 4.06. The molecule has 0 spiro atoms. The van der Waals surface area contributed by atoms with Crippen LogP contribution in [-0.2, 0) is 11.2 Å². The molecule has 2 aromatic heterocycles. The minimum atomic E-state index is -0.751. The smallest absolute Gasteiger partial charge is 0.263 e. The van der Waals surface area contributed by atoms with Gasteiger partial charge in [-0.3, -0.25) is 14.2 Å². The molecule has 5 nitrogen and oxygen atoms in total. The number of fused-ring (bicyclic) bond motifs is 1. The first kappa shape index (κ1) is 18.9. The maximum absolute atomic E-state index is 12.9. The maximum Gasteiger partial charge on any atom is 0.263 e. The molecule has 3 rings (SSSR count). The van der Waals surface area contributed by atoms with Crippen LogP contribution in [0.25, 0.3) is 10.2 Å². The third-order valence-electron chi connectivity index (χ3n) is 4.13. The molecule has 0 aliphatic rings. The molecule has 0 radical (unpaired) electrons. The van der Waals surface area contributed by atoms with Crippen LogP contribution in [0.4, 0.5) is 5.69 Å². The van der Waals surface area contributed by atoms with Gasteiger partial charge in [0.25, 0.3) is 5.56 Å². The number of anilines is 1. The number of nitrogens with one attached hydrogen (secondary N) is 1. The zero-order valence-corrected chi connectivity index (χ0v) is 16.8. The molecule has 0 bridgehead atoms. The number of nitrogens with zero attached hydrogens (tertiary/aromatic N) is 2. The van der Waals surface area contributed by atoms with E-state index in [1.165, 1.54) is 15.9 Å². The quantitative estimate of drug-likeness (QED) is 0.670. The number of aromatic nitrogens is 2. The number of carbonyl (C=O) groups is 1. The number of halogens is 2. The molecule has 0 aliphatic carbocycles. The number of amides is 1. The summed E-state index contributed by atoms with van der Waals surface area (Å²) in [5.41, 5.74) is 0.183. The van der Waals surface area contributed by atoms with Gasteiger partial charge in [0.1, 0.15) is 16.7 Å². The van der Waals surface area contributed by atoms with Crippen molar-refractivity contribution in [3.8, 4) is 0 Å². The van der Waals surface area contributed by atoms with E-state index in [0.717, 1.165) is 11.3 Å². The molecule has 1 atom stereocenters. The number of carbonyl (C=O) groups excluding carboxylic acids is 1. The molecule has 1 aromatic carbocycles. The number of thiophene rings is 1. The van der Waals surface area contributed by atoms with E-state index < -0.39 is 6.04 Å². The Hall–Kier alpha value is -1.89. The van der Waals surface area contributed by atoms with E-state index in [9.17, 15) is 9.59 Å². The average Bonchev–Trinajstić information content (AvgIpc) is 3.01. The highest BCUT2D eigenvalue weighted by Crippen LogP contribution is 2.27.